The van der Waals surface area contributed by atoms with Crippen molar-refractivity contribution in [2.45, 2.75) is 43.0 Å². The van der Waals surface area contributed by atoms with Gasteiger partial charge in [-0.25, -0.2) is 0 Å². The summed E-state index contributed by atoms with van der Waals surface area (Å²) in [7, 11) is 0. The number of benzene rings is 1. The molecule has 3 nitrogen and oxygen atoms in total. The van der Waals surface area contributed by atoms with Gasteiger partial charge in [0.25, 0.3) is 0 Å². The summed E-state index contributed by atoms with van der Waals surface area (Å²) in [6.07, 6.45) is 3.75. The van der Waals surface area contributed by atoms with Gasteiger partial charge in [0.15, 0.2) is 0 Å². The van der Waals surface area contributed by atoms with Crippen LogP contribution in [0.1, 0.15) is 32.6 Å². The van der Waals surface area contributed by atoms with E-state index < -0.39 is 11.5 Å². The lowest BCUT2D eigenvalue weighted by Gasteiger charge is -2.32. The van der Waals surface area contributed by atoms with Crippen molar-refractivity contribution in [2.24, 2.45) is 5.92 Å². The Hall–Kier alpha value is -1.00. The van der Waals surface area contributed by atoms with Gasteiger partial charge in [-0.15, -0.1) is 11.8 Å². The zero-order chi connectivity index (χ0) is 14.4. The van der Waals surface area contributed by atoms with Crippen molar-refractivity contribution in [3.05, 3.63) is 30.3 Å². The highest BCUT2D eigenvalue weighted by molar-refractivity contribution is 7.99. The Morgan fingerprint density at radius 3 is 2.85 bits per heavy atom. The highest BCUT2D eigenvalue weighted by atomic mass is 32.2. The highest BCUT2D eigenvalue weighted by Crippen LogP contribution is 2.39. The summed E-state index contributed by atoms with van der Waals surface area (Å²) in [5.41, 5.74) is -0.688. The van der Waals surface area contributed by atoms with E-state index in [9.17, 15) is 9.90 Å². The maximum Gasteiger partial charge on any atom is 0.324 e. The molecule has 110 valence electrons. The lowest BCUT2D eigenvalue weighted by Crippen LogP contribution is -2.54. The Labute approximate surface area is 125 Å². The van der Waals surface area contributed by atoms with Gasteiger partial charge >= 0.3 is 5.97 Å². The predicted molar refractivity (Wildman–Crippen MR) is 83.2 cm³/mol. The van der Waals surface area contributed by atoms with Gasteiger partial charge in [0.1, 0.15) is 5.54 Å². The number of hydrogen-bond acceptors (Lipinski definition) is 3. The van der Waals surface area contributed by atoms with E-state index in [2.05, 4.69) is 17.4 Å². The average Bonchev–Trinajstić information content (AvgIpc) is 2.85. The minimum Gasteiger partial charge on any atom is -0.480 e. The van der Waals surface area contributed by atoms with Crippen molar-refractivity contribution < 1.29 is 9.90 Å². The van der Waals surface area contributed by atoms with Gasteiger partial charge in [0.05, 0.1) is 0 Å². The van der Waals surface area contributed by atoms with Crippen molar-refractivity contribution in [3.8, 4) is 0 Å². The van der Waals surface area contributed by atoms with E-state index >= 15 is 0 Å². The van der Waals surface area contributed by atoms with Crippen LogP contribution in [-0.4, -0.2) is 28.9 Å². The van der Waals surface area contributed by atoms with Crippen molar-refractivity contribution in [3.63, 3.8) is 0 Å². The fraction of sp³-hybridized carbons (Fsp3) is 0.562. The van der Waals surface area contributed by atoms with Crippen molar-refractivity contribution in [2.75, 3.05) is 12.3 Å². The van der Waals surface area contributed by atoms with E-state index in [1.807, 2.05) is 36.9 Å². The van der Waals surface area contributed by atoms with E-state index in [0.717, 1.165) is 31.4 Å². The van der Waals surface area contributed by atoms with E-state index in [1.165, 1.54) is 4.90 Å². The second-order valence-corrected chi connectivity index (χ2v) is 6.51. The number of carbonyl (C=O) groups is 1. The molecule has 2 atom stereocenters. The summed E-state index contributed by atoms with van der Waals surface area (Å²) in [4.78, 5) is 12.9. The molecule has 0 saturated heterocycles. The van der Waals surface area contributed by atoms with Crippen molar-refractivity contribution in [1.82, 2.24) is 5.32 Å². The van der Waals surface area contributed by atoms with E-state index in [1.54, 1.807) is 0 Å². The normalized spacial score (nSPS) is 25.8. The number of thioether (sulfide) groups is 1. The first kappa shape index (κ1) is 15.4. The molecule has 2 rings (SSSR count). The third kappa shape index (κ3) is 3.36. The van der Waals surface area contributed by atoms with Crippen LogP contribution in [0.15, 0.2) is 35.2 Å². The molecule has 4 heteroatoms. The Morgan fingerprint density at radius 1 is 1.45 bits per heavy atom. The molecule has 20 heavy (non-hydrogen) atoms. The number of carboxylic acids is 1. The zero-order valence-electron chi connectivity index (χ0n) is 12.0. The molecule has 1 saturated carbocycles. The van der Waals surface area contributed by atoms with Crippen molar-refractivity contribution in [1.29, 1.82) is 0 Å². The molecule has 0 bridgehead atoms. The van der Waals surface area contributed by atoms with Gasteiger partial charge < -0.3 is 10.4 Å². The quantitative estimate of drug-likeness (QED) is 0.757. The summed E-state index contributed by atoms with van der Waals surface area (Å²) in [5, 5.41) is 12.9. The maximum absolute atomic E-state index is 11.7. The first-order valence-corrected chi connectivity index (χ1v) is 8.34. The van der Waals surface area contributed by atoms with Crippen LogP contribution in [0.3, 0.4) is 0 Å². The minimum absolute atomic E-state index is 0.246. The van der Waals surface area contributed by atoms with Gasteiger partial charge in [-0.05, 0) is 49.6 Å². The Morgan fingerprint density at radius 2 is 2.20 bits per heavy atom. The smallest absolute Gasteiger partial charge is 0.324 e. The minimum atomic E-state index is -0.688. The van der Waals surface area contributed by atoms with Crippen LogP contribution in [0.5, 0.6) is 0 Å². The van der Waals surface area contributed by atoms with E-state index in [4.69, 9.17) is 0 Å². The fourth-order valence-corrected chi connectivity index (χ4v) is 4.20. The topological polar surface area (TPSA) is 49.3 Å². The molecule has 0 aromatic heterocycles. The third-order valence-corrected chi connectivity index (χ3v) is 5.22. The fourth-order valence-electron chi connectivity index (χ4n) is 3.21. The third-order valence-electron chi connectivity index (χ3n) is 4.17. The van der Waals surface area contributed by atoms with Gasteiger partial charge in [0, 0.05) is 4.90 Å². The van der Waals surface area contributed by atoms with Gasteiger partial charge in [-0.3, -0.25) is 4.79 Å². The molecule has 1 aliphatic carbocycles. The van der Waals surface area contributed by atoms with Crippen LogP contribution >= 0.6 is 11.8 Å². The molecule has 0 aliphatic heterocycles. The SMILES string of the molecule is CCNC1(C(=O)O)CCCC1CCSc1ccccc1. The molecule has 0 radical (unpaired) electrons. The maximum atomic E-state index is 11.7. The Kier molecular flexibility index (Phi) is 5.49. The van der Waals surface area contributed by atoms with Crippen LogP contribution in [0.25, 0.3) is 0 Å². The summed E-state index contributed by atoms with van der Waals surface area (Å²) < 4.78 is 0. The molecule has 1 aliphatic rings. The molecule has 0 heterocycles. The molecule has 2 N–H and O–H groups in total. The second-order valence-electron chi connectivity index (χ2n) is 5.35. The predicted octanol–water partition coefficient (Wildman–Crippen LogP) is 3.40. The first-order chi connectivity index (χ1) is 9.69. The van der Waals surface area contributed by atoms with Crippen LogP contribution in [0, 0.1) is 5.92 Å². The monoisotopic (exact) mass is 293 g/mol. The number of carboxylic acid groups (broad SMARTS) is 1. The molecular weight excluding hydrogens is 270 g/mol. The van der Waals surface area contributed by atoms with Gasteiger partial charge in [-0.2, -0.15) is 0 Å². The van der Waals surface area contributed by atoms with Gasteiger partial charge in [0.2, 0.25) is 0 Å². The highest BCUT2D eigenvalue weighted by Gasteiger charge is 2.48. The van der Waals surface area contributed by atoms with Crippen LogP contribution in [-0.2, 0) is 4.79 Å². The Bertz CT molecular complexity index is 437. The number of hydrogen-bond donors (Lipinski definition) is 2. The summed E-state index contributed by atoms with van der Waals surface area (Å²) in [6.45, 7) is 2.70. The molecule has 1 fully saturated rings. The molecule has 2 unspecified atom stereocenters. The number of nitrogens with one attached hydrogen (secondary N) is 1. The van der Waals surface area contributed by atoms with Crippen LogP contribution in [0.4, 0.5) is 0 Å². The van der Waals surface area contributed by atoms with Crippen LogP contribution < -0.4 is 5.32 Å². The standard InChI is InChI=1S/C16H23NO2S/c1-2-17-16(15(18)19)11-6-7-13(16)10-12-20-14-8-4-3-5-9-14/h3-5,8-9,13,17H,2,6-7,10-12H2,1H3,(H,18,19). The largest absolute Gasteiger partial charge is 0.480 e. The molecule has 0 amide bonds. The van der Waals surface area contributed by atoms with Crippen molar-refractivity contribution >= 4 is 17.7 Å². The number of likely N-dealkylation sites (N-methyl/N-ethyl adjacent to an activating group) is 1. The first-order valence-electron chi connectivity index (χ1n) is 7.35. The summed E-state index contributed by atoms with van der Waals surface area (Å²) >= 11 is 1.82. The molecular formula is C16H23NO2S. The summed E-state index contributed by atoms with van der Waals surface area (Å²) in [6, 6.07) is 10.3. The van der Waals surface area contributed by atoms with Crippen LogP contribution in [0.2, 0.25) is 0 Å². The Balaban J connectivity index is 1.92. The number of rotatable bonds is 7. The van der Waals surface area contributed by atoms with E-state index in [0.29, 0.717) is 6.54 Å². The lowest BCUT2D eigenvalue weighted by atomic mass is 9.85. The molecule has 1 aromatic carbocycles. The molecule has 1 aromatic rings. The van der Waals surface area contributed by atoms with E-state index in [-0.39, 0.29) is 5.92 Å². The molecule has 0 spiro atoms. The second kappa shape index (κ2) is 7.14. The zero-order valence-corrected chi connectivity index (χ0v) is 12.8. The number of aliphatic carboxylic acids is 1. The summed E-state index contributed by atoms with van der Waals surface area (Å²) in [5.74, 6) is 0.553. The average molecular weight is 293 g/mol. The lowest BCUT2D eigenvalue weighted by molar-refractivity contribution is -0.146. The van der Waals surface area contributed by atoms with Gasteiger partial charge in [-0.1, -0.05) is 31.5 Å².